The Hall–Kier alpha value is -3.22. The van der Waals surface area contributed by atoms with Crippen LogP contribution >= 0.6 is 0 Å². The first-order valence-corrected chi connectivity index (χ1v) is 7.66. The van der Waals surface area contributed by atoms with Crippen LogP contribution in [0.25, 0.3) is 0 Å². The summed E-state index contributed by atoms with van der Waals surface area (Å²) < 4.78 is 5.12. The van der Waals surface area contributed by atoms with Gasteiger partial charge in [0.15, 0.2) is 6.10 Å². The number of nitrogens with one attached hydrogen (secondary N) is 1. The van der Waals surface area contributed by atoms with Crippen LogP contribution in [0.15, 0.2) is 48.5 Å². The number of aryl methyl sites for hydroxylation is 1. The van der Waals surface area contributed by atoms with E-state index in [1.807, 2.05) is 30.3 Å². The van der Waals surface area contributed by atoms with E-state index < -0.39 is 22.9 Å². The third kappa shape index (κ3) is 4.87. The maximum atomic E-state index is 12.1. The van der Waals surface area contributed by atoms with Crippen LogP contribution in [0.4, 0.5) is 5.69 Å². The van der Waals surface area contributed by atoms with Gasteiger partial charge in [0, 0.05) is 18.2 Å². The second kappa shape index (κ2) is 8.05. The number of hydrogen-bond acceptors (Lipinski definition) is 5. The fourth-order valence-corrected chi connectivity index (χ4v) is 2.20. The highest BCUT2D eigenvalue weighted by molar-refractivity contribution is 5.92. The van der Waals surface area contributed by atoms with Crippen LogP contribution in [0.5, 0.6) is 0 Å². The minimum Gasteiger partial charge on any atom is -0.449 e. The highest BCUT2D eigenvalue weighted by Gasteiger charge is 2.20. The highest BCUT2D eigenvalue weighted by Crippen LogP contribution is 2.19. The number of carbonyl (C=O) groups excluding carboxylic acids is 2. The van der Waals surface area contributed by atoms with Crippen molar-refractivity contribution >= 4 is 17.6 Å². The molecular formula is C18H18N2O5. The first-order valence-electron chi connectivity index (χ1n) is 7.66. The molecular weight excluding hydrogens is 324 g/mol. The lowest BCUT2D eigenvalue weighted by Crippen LogP contribution is -2.35. The molecule has 0 aliphatic heterocycles. The number of ether oxygens (including phenoxy) is 1. The van der Waals surface area contributed by atoms with Crippen LogP contribution in [0.1, 0.15) is 28.4 Å². The van der Waals surface area contributed by atoms with Crippen LogP contribution in [0.2, 0.25) is 0 Å². The average Bonchev–Trinajstić information content (AvgIpc) is 2.59. The number of esters is 1. The molecule has 7 heteroatoms. The molecule has 0 unspecified atom stereocenters. The molecule has 1 N–H and O–H groups in total. The Labute approximate surface area is 144 Å². The van der Waals surface area contributed by atoms with E-state index in [1.165, 1.54) is 32.0 Å². The van der Waals surface area contributed by atoms with Gasteiger partial charge in [-0.25, -0.2) is 4.79 Å². The van der Waals surface area contributed by atoms with Crippen molar-refractivity contribution in [3.05, 3.63) is 75.3 Å². The maximum Gasteiger partial charge on any atom is 0.338 e. The lowest BCUT2D eigenvalue weighted by Gasteiger charge is -2.14. The van der Waals surface area contributed by atoms with Gasteiger partial charge in [0.1, 0.15) is 0 Å². The summed E-state index contributed by atoms with van der Waals surface area (Å²) in [7, 11) is 0. The number of hydrogen-bond donors (Lipinski definition) is 1. The van der Waals surface area contributed by atoms with Crippen LogP contribution in [0, 0.1) is 17.0 Å². The molecule has 2 rings (SSSR count). The molecule has 0 aromatic heterocycles. The van der Waals surface area contributed by atoms with Crippen molar-refractivity contribution in [2.45, 2.75) is 26.5 Å². The molecule has 1 atom stereocenters. The molecule has 0 spiro atoms. The molecule has 7 nitrogen and oxygen atoms in total. The summed E-state index contributed by atoms with van der Waals surface area (Å²) >= 11 is 0. The maximum absolute atomic E-state index is 12.1. The second-order valence-electron chi connectivity index (χ2n) is 5.51. The van der Waals surface area contributed by atoms with E-state index in [2.05, 4.69) is 5.32 Å². The van der Waals surface area contributed by atoms with Gasteiger partial charge in [-0.3, -0.25) is 14.9 Å². The van der Waals surface area contributed by atoms with Gasteiger partial charge in [-0.15, -0.1) is 0 Å². The van der Waals surface area contributed by atoms with Gasteiger partial charge in [0.25, 0.3) is 11.6 Å². The molecule has 0 aliphatic carbocycles. The molecule has 0 saturated heterocycles. The number of nitro groups is 1. The third-order valence-corrected chi connectivity index (χ3v) is 3.59. The van der Waals surface area contributed by atoms with Crippen molar-refractivity contribution in [1.29, 1.82) is 0 Å². The molecule has 2 aromatic carbocycles. The summed E-state index contributed by atoms with van der Waals surface area (Å²) in [4.78, 5) is 34.4. The molecule has 25 heavy (non-hydrogen) atoms. The van der Waals surface area contributed by atoms with Crippen molar-refractivity contribution in [3.63, 3.8) is 0 Å². The molecule has 130 valence electrons. The van der Waals surface area contributed by atoms with Gasteiger partial charge in [-0.2, -0.15) is 0 Å². The van der Waals surface area contributed by atoms with Gasteiger partial charge < -0.3 is 10.1 Å². The van der Waals surface area contributed by atoms with E-state index in [1.54, 1.807) is 0 Å². The lowest BCUT2D eigenvalue weighted by molar-refractivity contribution is -0.385. The fraction of sp³-hybridized carbons (Fsp3) is 0.222. The standard InChI is InChI=1S/C18H18N2O5/c1-12-10-15(8-9-16(12)20(23)24)18(22)25-13(2)17(21)19-11-14-6-4-3-5-7-14/h3-10,13H,11H2,1-2H3,(H,19,21)/t13-/m1/s1. The molecule has 0 radical (unpaired) electrons. The number of nitrogens with zero attached hydrogens (tertiary/aromatic N) is 1. The average molecular weight is 342 g/mol. The summed E-state index contributed by atoms with van der Waals surface area (Å²) in [6.07, 6.45) is -0.980. The van der Waals surface area contributed by atoms with Gasteiger partial charge in [-0.05, 0) is 31.5 Å². The van der Waals surface area contributed by atoms with E-state index in [0.29, 0.717) is 12.1 Å². The van der Waals surface area contributed by atoms with Gasteiger partial charge in [-0.1, -0.05) is 30.3 Å². The zero-order valence-corrected chi connectivity index (χ0v) is 13.9. The monoisotopic (exact) mass is 342 g/mol. The number of benzene rings is 2. The molecule has 0 aliphatic rings. The molecule has 1 amide bonds. The topological polar surface area (TPSA) is 98.5 Å². The Bertz CT molecular complexity index is 789. The number of carbonyl (C=O) groups is 2. The number of amides is 1. The first-order chi connectivity index (χ1) is 11.9. The Morgan fingerprint density at radius 3 is 2.48 bits per heavy atom. The summed E-state index contributed by atoms with van der Waals surface area (Å²) in [6.45, 7) is 3.33. The van der Waals surface area contributed by atoms with Gasteiger partial charge in [0.05, 0.1) is 10.5 Å². The minimum atomic E-state index is -0.980. The predicted molar refractivity (Wildman–Crippen MR) is 91.0 cm³/mol. The summed E-state index contributed by atoms with van der Waals surface area (Å²) in [6, 6.07) is 13.3. The van der Waals surface area contributed by atoms with Crippen molar-refractivity contribution in [2.75, 3.05) is 0 Å². The Kier molecular flexibility index (Phi) is 5.84. The van der Waals surface area contributed by atoms with Gasteiger partial charge >= 0.3 is 5.97 Å². The zero-order chi connectivity index (χ0) is 18.4. The Morgan fingerprint density at radius 1 is 1.20 bits per heavy atom. The van der Waals surface area contributed by atoms with Crippen LogP contribution in [-0.4, -0.2) is 22.9 Å². The van der Waals surface area contributed by atoms with Crippen LogP contribution in [-0.2, 0) is 16.1 Å². The lowest BCUT2D eigenvalue weighted by atomic mass is 10.1. The van der Waals surface area contributed by atoms with Crippen molar-refractivity contribution in [2.24, 2.45) is 0 Å². The number of rotatable bonds is 6. The Morgan fingerprint density at radius 2 is 1.88 bits per heavy atom. The van der Waals surface area contributed by atoms with E-state index in [0.717, 1.165) is 5.56 Å². The van der Waals surface area contributed by atoms with E-state index in [4.69, 9.17) is 4.74 Å². The SMILES string of the molecule is Cc1cc(C(=O)O[C@H](C)C(=O)NCc2ccccc2)ccc1[N+](=O)[O-]. The van der Waals surface area contributed by atoms with E-state index >= 15 is 0 Å². The normalized spacial score (nSPS) is 11.4. The quantitative estimate of drug-likeness (QED) is 0.494. The molecule has 0 saturated carbocycles. The van der Waals surface area contributed by atoms with E-state index in [9.17, 15) is 19.7 Å². The highest BCUT2D eigenvalue weighted by atomic mass is 16.6. The van der Waals surface area contributed by atoms with Crippen molar-refractivity contribution < 1.29 is 19.2 Å². The first kappa shape index (κ1) is 18.1. The summed E-state index contributed by atoms with van der Waals surface area (Å²) in [5, 5.41) is 13.5. The smallest absolute Gasteiger partial charge is 0.338 e. The van der Waals surface area contributed by atoms with Crippen LogP contribution < -0.4 is 5.32 Å². The zero-order valence-electron chi connectivity index (χ0n) is 13.9. The van der Waals surface area contributed by atoms with Gasteiger partial charge in [0.2, 0.25) is 0 Å². The second-order valence-corrected chi connectivity index (χ2v) is 5.51. The molecule has 0 heterocycles. The molecule has 0 fully saturated rings. The van der Waals surface area contributed by atoms with E-state index in [-0.39, 0.29) is 11.3 Å². The fourth-order valence-electron chi connectivity index (χ4n) is 2.20. The number of nitro benzene ring substituents is 1. The summed E-state index contributed by atoms with van der Waals surface area (Å²) in [5.74, 6) is -1.13. The predicted octanol–water partition coefficient (Wildman–Crippen LogP) is 2.76. The van der Waals surface area contributed by atoms with Crippen molar-refractivity contribution in [1.82, 2.24) is 5.32 Å². The molecule has 0 bridgehead atoms. The van der Waals surface area contributed by atoms with Crippen molar-refractivity contribution in [3.8, 4) is 0 Å². The Balaban J connectivity index is 1.94. The largest absolute Gasteiger partial charge is 0.449 e. The summed E-state index contributed by atoms with van der Waals surface area (Å²) in [5.41, 5.74) is 1.36. The third-order valence-electron chi connectivity index (χ3n) is 3.59. The molecule has 2 aromatic rings. The van der Waals surface area contributed by atoms with Crippen LogP contribution in [0.3, 0.4) is 0 Å². The minimum absolute atomic E-state index is 0.0785.